The summed E-state index contributed by atoms with van der Waals surface area (Å²) in [6.07, 6.45) is -2.71. The van der Waals surface area contributed by atoms with Crippen molar-refractivity contribution >= 4 is 39.4 Å². The van der Waals surface area contributed by atoms with E-state index in [1.807, 2.05) is 0 Å². The Morgan fingerprint density at radius 3 is 2.14 bits per heavy atom. The second kappa shape index (κ2) is 17.6. The van der Waals surface area contributed by atoms with Crippen molar-refractivity contribution in [1.29, 1.82) is 0 Å². The van der Waals surface area contributed by atoms with Gasteiger partial charge in [-0.2, -0.15) is 13.2 Å². The van der Waals surface area contributed by atoms with E-state index in [2.05, 4.69) is 33.2 Å². The van der Waals surface area contributed by atoms with Gasteiger partial charge in [0.25, 0.3) is 11.8 Å². The number of rotatable bonds is 16. The molecule has 2 fully saturated rings. The first-order chi connectivity index (χ1) is 22.7. The number of alkyl halides is 3. The van der Waals surface area contributed by atoms with Gasteiger partial charge in [-0.05, 0) is 51.0 Å². The molecule has 0 bridgehead atoms. The number of hydrogen-bond acceptors (Lipinski definition) is 8. The normalized spacial score (nSPS) is 20.6. The first-order valence-electron chi connectivity index (χ1n) is 16.8. The maximum absolute atomic E-state index is 14.2. The van der Waals surface area contributed by atoms with Gasteiger partial charge < -0.3 is 26.2 Å². The number of urea groups is 1. The second-order valence-electron chi connectivity index (χ2n) is 13.9. The summed E-state index contributed by atoms with van der Waals surface area (Å²) >= 11 is 0. The minimum Gasteiger partial charge on any atom is -0.346 e. The molecular formula is C32H53F3N6O7S. The third kappa shape index (κ3) is 11.7. The van der Waals surface area contributed by atoms with Gasteiger partial charge >= 0.3 is 12.2 Å². The number of carbonyl (C=O) groups is 5. The standard InChI is InChI=1S/C32H53F3N6O7S/c1-7-18-37-26(43)23(42)21(14-17-32(33,34)35)38-27(44)25(36-6)41(19-8-2)28(45)24(30(3,4)5)39-29(46)40-31(15-10-9-11-16-31)22-13-12-20-49(22,47)48/h7,21-22,24-25,36H,1,8-20H2,2-6H3,(H,37,43)(H,38,44)(H2,39,40,46)/t21?,22?,24-,25?/m1/s1. The van der Waals surface area contributed by atoms with Gasteiger partial charge in [0.15, 0.2) is 16.0 Å². The van der Waals surface area contributed by atoms with Crippen LogP contribution < -0.4 is 26.6 Å². The third-order valence-electron chi connectivity index (χ3n) is 9.00. The Morgan fingerprint density at radius 2 is 1.65 bits per heavy atom. The van der Waals surface area contributed by atoms with Crippen molar-refractivity contribution in [2.45, 2.75) is 127 Å². The summed E-state index contributed by atoms with van der Waals surface area (Å²) in [7, 11) is -2.10. The highest BCUT2D eigenvalue weighted by molar-refractivity contribution is 7.92. The van der Waals surface area contributed by atoms with Gasteiger partial charge in [-0.3, -0.25) is 24.5 Å². The summed E-state index contributed by atoms with van der Waals surface area (Å²) in [6.45, 7) is 10.1. The molecule has 13 nitrogen and oxygen atoms in total. The fourth-order valence-electron chi connectivity index (χ4n) is 6.60. The molecule has 2 rings (SSSR count). The zero-order valence-electron chi connectivity index (χ0n) is 29.1. The van der Waals surface area contributed by atoms with Crippen LogP contribution in [0.3, 0.4) is 0 Å². The second-order valence-corrected chi connectivity index (χ2v) is 16.2. The fourth-order valence-corrected chi connectivity index (χ4v) is 8.96. The fraction of sp³-hybridized carbons (Fsp3) is 0.781. The topological polar surface area (TPSA) is 183 Å². The van der Waals surface area contributed by atoms with Crippen LogP contribution in [-0.4, -0.2) is 104 Å². The van der Waals surface area contributed by atoms with Crippen LogP contribution in [0.2, 0.25) is 0 Å². The Hall–Kier alpha value is -3.21. The van der Waals surface area contributed by atoms with Crippen molar-refractivity contribution in [2.75, 3.05) is 25.9 Å². The highest BCUT2D eigenvalue weighted by Crippen LogP contribution is 2.39. The largest absolute Gasteiger partial charge is 0.389 e. The zero-order chi connectivity index (χ0) is 37.2. The quantitative estimate of drug-likeness (QED) is 0.0915. The molecule has 1 saturated carbocycles. The number of nitrogens with zero attached hydrogens (tertiary/aromatic N) is 1. The minimum atomic E-state index is -4.68. The van der Waals surface area contributed by atoms with E-state index < -0.39 is 92.8 Å². The van der Waals surface area contributed by atoms with Gasteiger partial charge in [0.2, 0.25) is 11.7 Å². The number of likely N-dealkylation sites (N-methyl/N-ethyl adjacent to an activating group) is 1. The molecule has 5 amide bonds. The van der Waals surface area contributed by atoms with Crippen LogP contribution in [0.25, 0.3) is 0 Å². The number of carbonyl (C=O) groups excluding carboxylic acids is 5. The molecule has 5 N–H and O–H groups in total. The number of hydrogen-bond donors (Lipinski definition) is 5. The number of sulfone groups is 1. The molecule has 1 heterocycles. The highest BCUT2D eigenvalue weighted by atomic mass is 32.2. The van der Waals surface area contributed by atoms with E-state index >= 15 is 0 Å². The first-order valence-corrected chi connectivity index (χ1v) is 18.5. The van der Waals surface area contributed by atoms with Crippen LogP contribution in [0.1, 0.15) is 91.9 Å². The van der Waals surface area contributed by atoms with Crippen LogP contribution in [0.5, 0.6) is 0 Å². The summed E-state index contributed by atoms with van der Waals surface area (Å²) in [5.41, 5.74) is -1.92. The van der Waals surface area contributed by atoms with Crippen molar-refractivity contribution in [3.8, 4) is 0 Å². The monoisotopic (exact) mass is 722 g/mol. The molecule has 0 aromatic carbocycles. The molecule has 1 saturated heterocycles. The molecular weight excluding hydrogens is 669 g/mol. The average molecular weight is 723 g/mol. The van der Waals surface area contributed by atoms with Gasteiger partial charge in [-0.15, -0.1) is 6.58 Å². The Bertz CT molecular complexity index is 1310. The van der Waals surface area contributed by atoms with Crippen molar-refractivity contribution < 1.29 is 45.6 Å². The van der Waals surface area contributed by atoms with E-state index in [1.54, 1.807) is 27.7 Å². The van der Waals surface area contributed by atoms with E-state index in [4.69, 9.17) is 0 Å². The Labute approximate surface area is 287 Å². The maximum Gasteiger partial charge on any atom is 0.389 e. The van der Waals surface area contributed by atoms with Gasteiger partial charge in [-0.25, -0.2) is 13.2 Å². The van der Waals surface area contributed by atoms with Crippen LogP contribution >= 0.6 is 0 Å². The number of halogens is 3. The average Bonchev–Trinajstić information content (AvgIpc) is 3.38. The minimum absolute atomic E-state index is 0.0289. The van der Waals surface area contributed by atoms with Crippen LogP contribution in [0, 0.1) is 5.41 Å². The summed E-state index contributed by atoms with van der Waals surface area (Å²) in [6, 6.07) is -3.83. The van der Waals surface area contributed by atoms with Gasteiger partial charge in [-0.1, -0.05) is 53.0 Å². The van der Waals surface area contributed by atoms with Crippen molar-refractivity contribution in [3.63, 3.8) is 0 Å². The van der Waals surface area contributed by atoms with Gasteiger partial charge in [0.05, 0.1) is 22.6 Å². The Kier molecular flexibility index (Phi) is 15.1. The number of amides is 5. The lowest BCUT2D eigenvalue weighted by Crippen LogP contribution is -2.66. The summed E-state index contributed by atoms with van der Waals surface area (Å²) in [5.74, 6) is -4.19. The van der Waals surface area contributed by atoms with Crippen LogP contribution in [-0.2, 0) is 29.0 Å². The van der Waals surface area contributed by atoms with E-state index in [0.717, 1.165) is 24.2 Å². The lowest BCUT2D eigenvalue weighted by molar-refractivity contribution is -0.148. The zero-order valence-corrected chi connectivity index (χ0v) is 29.9. The number of nitrogens with one attached hydrogen (secondary N) is 5. The maximum atomic E-state index is 14.2. The molecule has 0 radical (unpaired) electrons. The van der Waals surface area contributed by atoms with Gasteiger partial charge in [0.1, 0.15) is 6.04 Å². The molecule has 280 valence electrons. The summed E-state index contributed by atoms with van der Waals surface area (Å²) < 4.78 is 65.3. The first kappa shape index (κ1) is 42.0. The number of ketones is 1. The molecule has 3 unspecified atom stereocenters. The highest BCUT2D eigenvalue weighted by Gasteiger charge is 2.50. The molecule has 49 heavy (non-hydrogen) atoms. The van der Waals surface area contributed by atoms with Crippen molar-refractivity contribution in [1.82, 2.24) is 31.5 Å². The third-order valence-corrected chi connectivity index (χ3v) is 11.4. The Morgan fingerprint density at radius 1 is 1.02 bits per heavy atom. The Balaban J connectivity index is 2.37. The van der Waals surface area contributed by atoms with Gasteiger partial charge in [0, 0.05) is 19.5 Å². The van der Waals surface area contributed by atoms with Crippen molar-refractivity contribution in [2.24, 2.45) is 5.41 Å². The van der Waals surface area contributed by atoms with Crippen LogP contribution in [0.4, 0.5) is 18.0 Å². The lowest BCUT2D eigenvalue weighted by atomic mass is 9.78. The van der Waals surface area contributed by atoms with E-state index in [-0.39, 0.29) is 18.8 Å². The molecule has 0 aromatic heterocycles. The molecule has 2 aliphatic rings. The molecule has 1 aliphatic carbocycles. The molecule has 0 spiro atoms. The van der Waals surface area contributed by atoms with E-state index in [1.165, 1.54) is 13.1 Å². The summed E-state index contributed by atoms with van der Waals surface area (Å²) in [4.78, 5) is 67.7. The SMILES string of the molecule is C=CCNC(=O)C(=O)C(CCC(F)(F)F)NC(=O)C(NC)N(CCC)C(=O)[C@@H](NC(=O)NC1(C2CCCS2(=O)=O)CCCCC1)C(C)(C)C. The molecule has 1 aliphatic heterocycles. The van der Waals surface area contributed by atoms with E-state index in [0.29, 0.717) is 32.1 Å². The predicted molar refractivity (Wildman–Crippen MR) is 178 cm³/mol. The summed E-state index contributed by atoms with van der Waals surface area (Å²) in [5, 5.41) is 12.0. The molecule has 0 aromatic rings. The van der Waals surface area contributed by atoms with E-state index in [9.17, 15) is 45.6 Å². The number of Topliss-reactive ketones (excluding diaryl/α,β-unsaturated/α-hetero) is 1. The predicted octanol–water partition coefficient (Wildman–Crippen LogP) is 2.46. The molecule has 17 heteroatoms. The van der Waals surface area contributed by atoms with Crippen molar-refractivity contribution in [3.05, 3.63) is 12.7 Å². The van der Waals surface area contributed by atoms with Crippen LogP contribution in [0.15, 0.2) is 12.7 Å². The lowest BCUT2D eigenvalue weighted by Gasteiger charge is -2.43. The smallest absolute Gasteiger partial charge is 0.346 e. The molecule has 4 atom stereocenters.